The van der Waals surface area contributed by atoms with Crippen LogP contribution in [-0.4, -0.2) is 28.9 Å². The predicted octanol–water partition coefficient (Wildman–Crippen LogP) is 0.672. The Bertz CT molecular complexity index is 622. The van der Waals surface area contributed by atoms with Crippen molar-refractivity contribution in [1.82, 2.24) is 10.6 Å². The van der Waals surface area contributed by atoms with E-state index in [4.69, 9.17) is 10.6 Å². The lowest BCUT2D eigenvalue weighted by Gasteiger charge is -2.13. The fourth-order valence-corrected chi connectivity index (χ4v) is 1.35. The van der Waals surface area contributed by atoms with Crippen molar-refractivity contribution >= 4 is 17.8 Å². The van der Waals surface area contributed by atoms with Crippen LogP contribution in [0.3, 0.4) is 0 Å². The summed E-state index contributed by atoms with van der Waals surface area (Å²) in [5.41, 5.74) is 0.821. The first kappa shape index (κ1) is 10.4. The van der Waals surface area contributed by atoms with Gasteiger partial charge >= 0.3 is 5.97 Å². The minimum Gasteiger partial charge on any atom is -0.481 e. The Kier molecular flexibility index (Phi) is 4.13. The fraction of sp³-hybridized carbons (Fsp3) is 0.357. The first-order valence-corrected chi connectivity index (χ1v) is 5.86. The molecular weight excluding hydrogens is 260 g/mol. The molecule has 0 aliphatic rings. The lowest BCUT2D eigenvalue weighted by atomic mass is 10.2. The van der Waals surface area contributed by atoms with E-state index < -0.39 is 36.6 Å². The minimum atomic E-state index is -3.43. The molecule has 0 aliphatic heterocycles. The van der Waals surface area contributed by atoms with E-state index in [0.29, 0.717) is 0 Å². The molecule has 0 aromatic heterocycles. The topological polar surface area (TPSA) is 95.5 Å². The van der Waals surface area contributed by atoms with Crippen LogP contribution in [0.5, 0.6) is 0 Å². The van der Waals surface area contributed by atoms with Crippen LogP contribution in [0.1, 0.15) is 30.7 Å². The molecule has 0 saturated carbocycles. The van der Waals surface area contributed by atoms with E-state index in [0.717, 1.165) is 5.56 Å². The summed E-state index contributed by atoms with van der Waals surface area (Å²) < 4.78 is 29.2. The van der Waals surface area contributed by atoms with Gasteiger partial charge in [-0.2, -0.15) is 0 Å². The number of carboxylic acids is 1. The Balaban J connectivity index is 2.65. The van der Waals surface area contributed by atoms with Gasteiger partial charge in [-0.25, -0.2) is 0 Å². The molecular formula is C14H18N2O4. The number of rotatable bonds is 7. The number of amides is 2. The number of hydrogen-bond acceptors (Lipinski definition) is 3. The fourth-order valence-electron chi connectivity index (χ4n) is 1.35. The third-order valence-corrected chi connectivity index (χ3v) is 2.33. The van der Waals surface area contributed by atoms with Crippen molar-refractivity contribution in [2.75, 3.05) is 0 Å². The second-order valence-corrected chi connectivity index (χ2v) is 3.95. The van der Waals surface area contributed by atoms with Gasteiger partial charge in [0.05, 0.1) is 6.37 Å². The van der Waals surface area contributed by atoms with Gasteiger partial charge in [-0.1, -0.05) is 30.3 Å². The Labute approximate surface area is 122 Å². The summed E-state index contributed by atoms with van der Waals surface area (Å²) in [5.74, 6) is -4.24. The van der Waals surface area contributed by atoms with E-state index in [9.17, 15) is 14.4 Å². The van der Waals surface area contributed by atoms with Crippen molar-refractivity contribution in [3.63, 3.8) is 0 Å². The molecule has 0 saturated heterocycles. The van der Waals surface area contributed by atoms with E-state index >= 15 is 0 Å². The molecule has 0 radical (unpaired) electrons. The maximum Gasteiger partial charge on any atom is 0.303 e. The van der Waals surface area contributed by atoms with Crippen LogP contribution in [0.2, 0.25) is 0 Å². The van der Waals surface area contributed by atoms with E-state index in [1.807, 2.05) is 11.4 Å². The summed E-state index contributed by atoms with van der Waals surface area (Å²) in [5, 5.41) is 13.2. The summed E-state index contributed by atoms with van der Waals surface area (Å²) in [6.07, 6.45) is -6.77. The zero-order valence-corrected chi connectivity index (χ0v) is 10.8. The van der Waals surface area contributed by atoms with Crippen molar-refractivity contribution < 1.29 is 25.0 Å². The number of hydrogen-bond donors (Lipinski definition) is 3. The number of aliphatic carboxylic acids is 1. The summed E-state index contributed by atoms with van der Waals surface area (Å²) in [4.78, 5) is 34.5. The molecule has 0 bridgehead atoms. The molecule has 0 spiro atoms. The highest BCUT2D eigenvalue weighted by Gasteiger charge is 2.15. The third-order valence-electron chi connectivity index (χ3n) is 2.33. The molecule has 0 unspecified atom stereocenters. The van der Waals surface area contributed by atoms with Gasteiger partial charge in [0.15, 0.2) is 0 Å². The number of carbonyl (C=O) groups excluding carboxylic acids is 2. The molecule has 1 aromatic rings. The van der Waals surface area contributed by atoms with Gasteiger partial charge in [0, 0.05) is 18.4 Å². The molecule has 0 heterocycles. The molecule has 20 heavy (non-hydrogen) atoms. The van der Waals surface area contributed by atoms with Gasteiger partial charge in [-0.05, 0) is 12.5 Å². The molecule has 1 aromatic carbocycles. The maximum absolute atomic E-state index is 11.9. The largest absolute Gasteiger partial charge is 0.481 e. The molecule has 0 fully saturated rings. The predicted molar refractivity (Wildman–Crippen MR) is 72.8 cm³/mol. The summed E-state index contributed by atoms with van der Waals surface area (Å²) in [6, 6.07) is 7.78. The van der Waals surface area contributed by atoms with Gasteiger partial charge in [0.2, 0.25) is 11.8 Å². The second kappa shape index (κ2) is 7.93. The first-order chi connectivity index (χ1) is 11.0. The third kappa shape index (κ3) is 5.99. The van der Waals surface area contributed by atoms with Crippen molar-refractivity contribution in [2.45, 2.75) is 32.3 Å². The SMILES string of the molecule is [2H]C([2H])(C(=O)O)C([2H])([2H])C(=O)N[C@@H](C)C(=O)NCc1ccccc1. The van der Waals surface area contributed by atoms with Crippen LogP contribution < -0.4 is 10.6 Å². The Morgan fingerprint density at radius 1 is 1.25 bits per heavy atom. The average Bonchev–Trinajstić information content (AvgIpc) is 2.52. The number of benzene rings is 1. The molecule has 6 nitrogen and oxygen atoms in total. The lowest BCUT2D eigenvalue weighted by molar-refractivity contribution is -0.139. The van der Waals surface area contributed by atoms with Crippen molar-refractivity contribution in [1.29, 1.82) is 0 Å². The summed E-state index contributed by atoms with van der Waals surface area (Å²) in [6.45, 7) is 1.48. The molecule has 108 valence electrons. The van der Waals surface area contributed by atoms with E-state index in [2.05, 4.69) is 5.32 Å². The summed E-state index contributed by atoms with van der Waals surface area (Å²) in [7, 11) is 0. The summed E-state index contributed by atoms with van der Waals surface area (Å²) >= 11 is 0. The van der Waals surface area contributed by atoms with Crippen molar-refractivity contribution in [2.24, 2.45) is 0 Å². The minimum absolute atomic E-state index is 0.197. The van der Waals surface area contributed by atoms with Gasteiger partial charge in [0.25, 0.3) is 0 Å². The smallest absolute Gasteiger partial charge is 0.303 e. The zero-order chi connectivity index (χ0) is 18.5. The number of carboxylic acid groups (broad SMARTS) is 1. The van der Waals surface area contributed by atoms with Crippen LogP contribution in [0.4, 0.5) is 0 Å². The van der Waals surface area contributed by atoms with Crippen LogP contribution in [0.15, 0.2) is 30.3 Å². The van der Waals surface area contributed by atoms with Gasteiger partial charge in [-0.3, -0.25) is 14.4 Å². The molecule has 2 amide bonds. The monoisotopic (exact) mass is 282 g/mol. The van der Waals surface area contributed by atoms with E-state index in [1.165, 1.54) is 6.92 Å². The van der Waals surface area contributed by atoms with Crippen LogP contribution in [0.25, 0.3) is 0 Å². The van der Waals surface area contributed by atoms with Crippen LogP contribution >= 0.6 is 0 Å². The second-order valence-electron chi connectivity index (χ2n) is 3.95. The first-order valence-electron chi connectivity index (χ1n) is 7.86. The Morgan fingerprint density at radius 3 is 2.50 bits per heavy atom. The molecule has 1 atom stereocenters. The van der Waals surface area contributed by atoms with Gasteiger partial charge in [0.1, 0.15) is 6.04 Å². The number of carbonyl (C=O) groups is 3. The molecule has 3 N–H and O–H groups in total. The standard InChI is InChI=1S/C14H18N2O4/c1-10(16-12(17)7-8-13(18)19)14(20)15-9-11-5-3-2-4-6-11/h2-6,10H,7-9H2,1H3,(H,15,20)(H,16,17)(H,18,19)/t10-/m0/s1/i7D2,8D2. The van der Waals surface area contributed by atoms with Gasteiger partial charge < -0.3 is 15.7 Å². The Hall–Kier alpha value is -2.37. The van der Waals surface area contributed by atoms with Gasteiger partial charge in [-0.15, -0.1) is 0 Å². The van der Waals surface area contributed by atoms with Crippen molar-refractivity contribution in [3.8, 4) is 0 Å². The maximum atomic E-state index is 11.9. The van der Waals surface area contributed by atoms with E-state index in [-0.39, 0.29) is 6.54 Å². The highest BCUT2D eigenvalue weighted by atomic mass is 16.4. The zero-order valence-electron chi connectivity index (χ0n) is 14.8. The van der Waals surface area contributed by atoms with Crippen LogP contribution in [-0.2, 0) is 20.9 Å². The van der Waals surface area contributed by atoms with Crippen molar-refractivity contribution in [3.05, 3.63) is 35.9 Å². The molecule has 6 heteroatoms. The molecule has 0 aliphatic carbocycles. The number of nitrogens with one attached hydrogen (secondary N) is 2. The quantitative estimate of drug-likeness (QED) is 0.685. The average molecular weight is 282 g/mol. The normalized spacial score (nSPS) is 15.8. The van der Waals surface area contributed by atoms with E-state index in [1.54, 1.807) is 24.3 Å². The Morgan fingerprint density at radius 2 is 1.90 bits per heavy atom. The highest BCUT2D eigenvalue weighted by molar-refractivity contribution is 5.88. The lowest BCUT2D eigenvalue weighted by Crippen LogP contribution is -2.44. The van der Waals surface area contributed by atoms with Crippen LogP contribution in [0, 0.1) is 0 Å². The molecule has 1 rings (SSSR count). The highest BCUT2D eigenvalue weighted by Crippen LogP contribution is 1.98.